The summed E-state index contributed by atoms with van der Waals surface area (Å²) < 4.78 is 5.29. The minimum atomic E-state index is 0.112. The maximum atomic E-state index is 6.09. The molecule has 0 aromatic heterocycles. The summed E-state index contributed by atoms with van der Waals surface area (Å²) in [5.74, 6) is 7.55. The first-order chi connectivity index (χ1) is 10.2. The van der Waals surface area contributed by atoms with Gasteiger partial charge >= 0.3 is 0 Å². The van der Waals surface area contributed by atoms with Crippen molar-refractivity contribution in [1.82, 2.24) is 5.43 Å². The van der Waals surface area contributed by atoms with Crippen LogP contribution in [0.15, 0.2) is 48.5 Å². The van der Waals surface area contributed by atoms with Gasteiger partial charge in [0.15, 0.2) is 0 Å². The second-order valence-electron chi connectivity index (χ2n) is 5.46. The Kier molecular flexibility index (Phi) is 4.15. The maximum absolute atomic E-state index is 6.09. The molecule has 0 radical (unpaired) electrons. The van der Waals surface area contributed by atoms with Crippen LogP contribution in [0.5, 0.6) is 5.75 Å². The fourth-order valence-corrected chi connectivity index (χ4v) is 3.20. The summed E-state index contributed by atoms with van der Waals surface area (Å²) in [6.45, 7) is 0. The summed E-state index contributed by atoms with van der Waals surface area (Å²) in [5, 5.41) is 0.618. The number of nitrogens with one attached hydrogen (secondary N) is 1. The van der Waals surface area contributed by atoms with E-state index in [9.17, 15) is 0 Å². The van der Waals surface area contributed by atoms with E-state index < -0.39 is 0 Å². The van der Waals surface area contributed by atoms with Gasteiger partial charge in [0.2, 0.25) is 0 Å². The van der Waals surface area contributed by atoms with Crippen LogP contribution in [-0.2, 0) is 0 Å². The van der Waals surface area contributed by atoms with Crippen LogP contribution in [0, 0.1) is 5.92 Å². The maximum Gasteiger partial charge on any atom is 0.137 e. The van der Waals surface area contributed by atoms with Crippen molar-refractivity contribution in [2.75, 3.05) is 7.11 Å². The van der Waals surface area contributed by atoms with Gasteiger partial charge in [0.1, 0.15) is 5.75 Å². The molecule has 3 atom stereocenters. The molecule has 3 nitrogen and oxygen atoms in total. The SMILES string of the molecule is COc1cc(C(NN)C2CC2c2ccccc2)ccc1Cl. The molecule has 0 amide bonds. The fraction of sp³-hybridized carbons (Fsp3) is 0.294. The molecular formula is C17H19ClN2O. The second-order valence-corrected chi connectivity index (χ2v) is 5.86. The van der Waals surface area contributed by atoms with Crippen molar-refractivity contribution in [1.29, 1.82) is 0 Å². The largest absolute Gasteiger partial charge is 0.495 e. The van der Waals surface area contributed by atoms with Crippen molar-refractivity contribution in [3.63, 3.8) is 0 Å². The molecule has 0 saturated heterocycles. The summed E-state index contributed by atoms with van der Waals surface area (Å²) in [6, 6.07) is 16.5. The van der Waals surface area contributed by atoms with E-state index in [2.05, 4.69) is 29.7 Å². The number of hydrogen-bond acceptors (Lipinski definition) is 3. The molecule has 3 unspecified atom stereocenters. The van der Waals surface area contributed by atoms with E-state index in [1.54, 1.807) is 7.11 Å². The average molecular weight is 303 g/mol. The number of nitrogens with two attached hydrogens (primary N) is 1. The van der Waals surface area contributed by atoms with Crippen molar-refractivity contribution in [3.05, 3.63) is 64.7 Å². The lowest BCUT2D eigenvalue weighted by atomic mass is 9.99. The molecule has 1 saturated carbocycles. The number of benzene rings is 2. The zero-order valence-electron chi connectivity index (χ0n) is 11.9. The molecule has 0 heterocycles. The first-order valence-corrected chi connectivity index (χ1v) is 7.47. The molecule has 1 aliphatic rings. The van der Waals surface area contributed by atoms with Gasteiger partial charge in [-0.2, -0.15) is 0 Å². The van der Waals surface area contributed by atoms with Crippen LogP contribution in [0.3, 0.4) is 0 Å². The van der Waals surface area contributed by atoms with Gasteiger partial charge in [-0.3, -0.25) is 11.3 Å². The third kappa shape index (κ3) is 2.91. The highest BCUT2D eigenvalue weighted by molar-refractivity contribution is 6.32. The molecule has 110 valence electrons. The molecule has 4 heteroatoms. The number of hydrazine groups is 1. The molecule has 0 spiro atoms. The van der Waals surface area contributed by atoms with Crippen LogP contribution in [-0.4, -0.2) is 7.11 Å². The van der Waals surface area contributed by atoms with Gasteiger partial charge in [0.25, 0.3) is 0 Å². The minimum Gasteiger partial charge on any atom is -0.495 e. The Morgan fingerprint density at radius 3 is 2.67 bits per heavy atom. The summed E-state index contributed by atoms with van der Waals surface area (Å²) >= 11 is 6.09. The summed E-state index contributed by atoms with van der Waals surface area (Å²) in [7, 11) is 1.62. The summed E-state index contributed by atoms with van der Waals surface area (Å²) in [4.78, 5) is 0. The van der Waals surface area contributed by atoms with Gasteiger partial charge < -0.3 is 4.74 Å². The molecule has 3 N–H and O–H groups in total. The normalized spacial score (nSPS) is 21.9. The molecular weight excluding hydrogens is 284 g/mol. The Morgan fingerprint density at radius 1 is 1.24 bits per heavy atom. The highest BCUT2D eigenvalue weighted by Crippen LogP contribution is 2.54. The number of hydrogen-bond donors (Lipinski definition) is 2. The Hall–Kier alpha value is -1.55. The average Bonchev–Trinajstić information content (AvgIpc) is 3.31. The van der Waals surface area contributed by atoms with Gasteiger partial charge in [-0.05, 0) is 41.5 Å². The monoisotopic (exact) mass is 302 g/mol. The Bertz CT molecular complexity index is 617. The first-order valence-electron chi connectivity index (χ1n) is 7.09. The van der Waals surface area contributed by atoms with Crippen LogP contribution in [0.2, 0.25) is 5.02 Å². The number of methoxy groups -OCH3 is 1. The van der Waals surface area contributed by atoms with Crippen molar-refractivity contribution >= 4 is 11.6 Å². The predicted molar refractivity (Wildman–Crippen MR) is 85.4 cm³/mol. The molecule has 0 aliphatic heterocycles. The standard InChI is InChI=1S/C17H19ClN2O/c1-21-16-9-12(7-8-15(16)18)17(20-19)14-10-13(14)11-5-3-2-4-6-11/h2-9,13-14,17,20H,10,19H2,1H3. The van der Waals surface area contributed by atoms with E-state index in [1.165, 1.54) is 5.56 Å². The number of rotatable bonds is 5. The lowest BCUT2D eigenvalue weighted by Gasteiger charge is -2.18. The zero-order chi connectivity index (χ0) is 14.8. The molecule has 1 aliphatic carbocycles. The zero-order valence-corrected chi connectivity index (χ0v) is 12.7. The number of halogens is 1. The number of ether oxygens (including phenoxy) is 1. The van der Waals surface area contributed by atoms with Gasteiger partial charge in [0.05, 0.1) is 12.1 Å². The molecule has 3 rings (SSSR count). The van der Waals surface area contributed by atoms with Crippen LogP contribution in [0.25, 0.3) is 0 Å². The minimum absolute atomic E-state index is 0.112. The van der Waals surface area contributed by atoms with Crippen molar-refractivity contribution in [3.8, 4) is 5.75 Å². The third-order valence-corrected chi connectivity index (χ3v) is 4.52. The van der Waals surface area contributed by atoms with Crippen LogP contribution < -0.4 is 16.0 Å². The molecule has 1 fully saturated rings. The van der Waals surface area contributed by atoms with Crippen LogP contribution in [0.1, 0.15) is 29.5 Å². The molecule has 2 aromatic rings. The second kappa shape index (κ2) is 6.06. The van der Waals surface area contributed by atoms with Gasteiger partial charge in [-0.25, -0.2) is 0 Å². The van der Waals surface area contributed by atoms with Gasteiger partial charge in [-0.1, -0.05) is 48.0 Å². The summed E-state index contributed by atoms with van der Waals surface area (Å²) in [5.41, 5.74) is 5.44. The molecule has 21 heavy (non-hydrogen) atoms. The molecule has 0 bridgehead atoms. The van der Waals surface area contributed by atoms with Gasteiger partial charge in [0, 0.05) is 6.04 Å². The smallest absolute Gasteiger partial charge is 0.137 e. The van der Waals surface area contributed by atoms with Crippen molar-refractivity contribution in [2.45, 2.75) is 18.4 Å². The summed E-state index contributed by atoms with van der Waals surface area (Å²) in [6.07, 6.45) is 1.14. The third-order valence-electron chi connectivity index (χ3n) is 4.21. The lowest BCUT2D eigenvalue weighted by Crippen LogP contribution is -2.29. The van der Waals surface area contributed by atoms with Crippen molar-refractivity contribution < 1.29 is 4.74 Å². The fourth-order valence-electron chi connectivity index (χ4n) is 3.00. The van der Waals surface area contributed by atoms with E-state index in [4.69, 9.17) is 22.2 Å². The lowest BCUT2D eigenvalue weighted by molar-refractivity contribution is 0.411. The quantitative estimate of drug-likeness (QED) is 0.654. The predicted octanol–water partition coefficient (Wildman–Crippen LogP) is 3.66. The van der Waals surface area contributed by atoms with Crippen LogP contribution in [0.4, 0.5) is 0 Å². The van der Waals surface area contributed by atoms with E-state index in [0.717, 1.165) is 12.0 Å². The van der Waals surface area contributed by atoms with E-state index in [1.807, 2.05) is 24.3 Å². The topological polar surface area (TPSA) is 47.3 Å². The molecule has 2 aromatic carbocycles. The van der Waals surface area contributed by atoms with Crippen LogP contribution >= 0.6 is 11.6 Å². The highest BCUT2D eigenvalue weighted by Gasteiger charge is 2.44. The highest BCUT2D eigenvalue weighted by atomic mass is 35.5. The van der Waals surface area contributed by atoms with Gasteiger partial charge in [-0.15, -0.1) is 0 Å². The Morgan fingerprint density at radius 2 is 2.00 bits per heavy atom. The Labute approximate surface area is 130 Å². The first kappa shape index (κ1) is 14.4. The van der Waals surface area contributed by atoms with Crippen molar-refractivity contribution in [2.24, 2.45) is 11.8 Å². The van der Waals surface area contributed by atoms with E-state index >= 15 is 0 Å². The van der Waals surface area contributed by atoms with E-state index in [0.29, 0.717) is 22.6 Å². The van der Waals surface area contributed by atoms with E-state index in [-0.39, 0.29) is 6.04 Å². The Balaban J connectivity index is 1.81.